The molecule has 2 N–H and O–H groups in total. The number of urea groups is 1. The maximum atomic E-state index is 14.0. The second-order valence-corrected chi connectivity index (χ2v) is 9.19. The summed E-state index contributed by atoms with van der Waals surface area (Å²) in [6.07, 6.45) is 1.53. The average Bonchev–Trinajstić information content (AvgIpc) is 3.12. The van der Waals surface area contributed by atoms with Crippen molar-refractivity contribution in [1.29, 1.82) is 0 Å². The third kappa shape index (κ3) is 6.08. The Morgan fingerprint density at radius 3 is 2.51 bits per heavy atom. The van der Waals surface area contributed by atoms with E-state index in [1.54, 1.807) is 30.3 Å². The molecule has 4 rings (SSSR count). The zero-order chi connectivity index (χ0) is 26.5. The lowest BCUT2D eigenvalue weighted by atomic mass is 10.1. The molecule has 1 aliphatic rings. The van der Waals surface area contributed by atoms with Crippen LogP contribution in [0, 0.1) is 9.39 Å². The first-order valence-electron chi connectivity index (χ1n) is 11.3. The number of carbonyl (C=O) groups is 3. The van der Waals surface area contributed by atoms with Gasteiger partial charge in [-0.05, 0) is 77.0 Å². The lowest BCUT2D eigenvalue weighted by Crippen LogP contribution is -2.30. The number of benzene rings is 3. The number of carboxylic acid groups (broad SMARTS) is 1. The van der Waals surface area contributed by atoms with Gasteiger partial charge in [-0.2, -0.15) is 0 Å². The van der Waals surface area contributed by atoms with Crippen molar-refractivity contribution < 1.29 is 33.4 Å². The number of hydrogen-bond acceptors (Lipinski definition) is 5. The number of carbonyl (C=O) groups excluding carboxylic acids is 2. The molecule has 3 amide bonds. The third-order valence-electron chi connectivity index (χ3n) is 5.48. The van der Waals surface area contributed by atoms with Crippen LogP contribution in [0.5, 0.6) is 11.5 Å². The summed E-state index contributed by atoms with van der Waals surface area (Å²) in [4.78, 5) is 37.3. The van der Waals surface area contributed by atoms with Crippen LogP contribution in [-0.2, 0) is 17.9 Å². The van der Waals surface area contributed by atoms with Crippen LogP contribution in [0.3, 0.4) is 0 Å². The van der Waals surface area contributed by atoms with Crippen LogP contribution in [0.1, 0.15) is 34.0 Å². The van der Waals surface area contributed by atoms with E-state index < -0.39 is 23.7 Å². The summed E-state index contributed by atoms with van der Waals surface area (Å²) in [6, 6.07) is 15.2. The molecule has 1 saturated heterocycles. The van der Waals surface area contributed by atoms with Crippen LogP contribution in [0.2, 0.25) is 0 Å². The molecule has 0 atom stereocenters. The van der Waals surface area contributed by atoms with Gasteiger partial charge < -0.3 is 19.9 Å². The van der Waals surface area contributed by atoms with Gasteiger partial charge in [0.1, 0.15) is 18.1 Å². The van der Waals surface area contributed by atoms with Crippen LogP contribution in [0.15, 0.2) is 66.4 Å². The standard InChI is InChI=1S/C27H22FIN2O6/c1-2-36-23-13-17(11-21(29)24(23)37-15-16-7-9-18(10-8-16)26(33)34)12-22-25(32)31(27(35)30-22)14-19-5-3-4-6-20(19)28/h3-13H,2,14-15H2,1H3,(H,30,35)(H,33,34)/b22-12+. The Bertz CT molecular complexity index is 1390. The second-order valence-electron chi connectivity index (χ2n) is 8.02. The normalized spacial score (nSPS) is 14.1. The topological polar surface area (TPSA) is 105 Å². The van der Waals surface area contributed by atoms with Crippen molar-refractivity contribution in [2.45, 2.75) is 20.1 Å². The van der Waals surface area contributed by atoms with E-state index >= 15 is 0 Å². The SMILES string of the molecule is CCOc1cc(/C=C2/NC(=O)N(Cc3ccccc3F)C2=O)cc(I)c1OCc1ccc(C(=O)O)cc1. The van der Waals surface area contributed by atoms with Crippen LogP contribution in [-0.4, -0.2) is 34.5 Å². The fourth-order valence-electron chi connectivity index (χ4n) is 3.65. The molecule has 1 aliphatic heterocycles. The minimum atomic E-state index is -1.00. The molecule has 1 heterocycles. The molecule has 0 saturated carbocycles. The Morgan fingerprint density at radius 1 is 1.11 bits per heavy atom. The van der Waals surface area contributed by atoms with Gasteiger partial charge in [-0.3, -0.25) is 9.69 Å². The van der Waals surface area contributed by atoms with E-state index in [-0.39, 0.29) is 30.0 Å². The molecule has 0 unspecified atom stereocenters. The van der Waals surface area contributed by atoms with Crippen LogP contribution >= 0.6 is 22.6 Å². The molecule has 3 aromatic rings. The highest BCUT2D eigenvalue weighted by Crippen LogP contribution is 2.36. The third-order valence-corrected chi connectivity index (χ3v) is 6.28. The molecule has 1 fully saturated rings. The molecule has 0 spiro atoms. The van der Waals surface area contributed by atoms with Crippen molar-refractivity contribution in [3.8, 4) is 11.5 Å². The molecule has 0 aromatic heterocycles. The average molecular weight is 616 g/mol. The van der Waals surface area contributed by atoms with Crippen LogP contribution < -0.4 is 14.8 Å². The number of aromatic carboxylic acids is 1. The first-order chi connectivity index (χ1) is 17.8. The van der Waals surface area contributed by atoms with Crippen molar-refractivity contribution in [3.05, 3.63) is 98.0 Å². The van der Waals surface area contributed by atoms with Crippen LogP contribution in [0.25, 0.3) is 6.08 Å². The first-order valence-corrected chi connectivity index (χ1v) is 12.3. The van der Waals surface area contributed by atoms with Gasteiger partial charge >= 0.3 is 12.0 Å². The number of ether oxygens (including phenoxy) is 2. The van der Waals surface area contributed by atoms with Gasteiger partial charge in [0.25, 0.3) is 5.91 Å². The molecule has 3 aromatic carbocycles. The number of imide groups is 1. The van der Waals surface area contributed by atoms with Crippen molar-refractivity contribution in [2.24, 2.45) is 0 Å². The summed E-state index contributed by atoms with van der Waals surface area (Å²) in [6.45, 7) is 2.20. The summed E-state index contributed by atoms with van der Waals surface area (Å²) in [5, 5.41) is 11.6. The fraction of sp³-hybridized carbons (Fsp3) is 0.148. The highest BCUT2D eigenvalue weighted by molar-refractivity contribution is 14.1. The first kappa shape index (κ1) is 26.1. The maximum Gasteiger partial charge on any atom is 0.335 e. The van der Waals surface area contributed by atoms with Crippen molar-refractivity contribution >= 4 is 46.6 Å². The van der Waals surface area contributed by atoms with Gasteiger partial charge in [-0.1, -0.05) is 30.3 Å². The molecule has 0 bridgehead atoms. The summed E-state index contributed by atoms with van der Waals surface area (Å²) in [5.74, 6) is -1.12. The number of halogens is 2. The van der Waals surface area contributed by atoms with E-state index in [9.17, 15) is 18.8 Å². The summed E-state index contributed by atoms with van der Waals surface area (Å²) in [5.41, 5.74) is 1.86. The van der Waals surface area contributed by atoms with Gasteiger partial charge in [0, 0.05) is 5.56 Å². The number of nitrogens with zero attached hydrogens (tertiary/aromatic N) is 1. The predicted octanol–water partition coefficient (Wildman–Crippen LogP) is 5.20. The van der Waals surface area contributed by atoms with Gasteiger partial charge in [-0.15, -0.1) is 0 Å². The molecule has 190 valence electrons. The fourth-order valence-corrected chi connectivity index (χ4v) is 4.43. The molecule has 10 heteroatoms. The molecule has 37 heavy (non-hydrogen) atoms. The Balaban J connectivity index is 1.54. The van der Waals surface area contributed by atoms with E-state index in [1.165, 1.54) is 36.4 Å². The monoisotopic (exact) mass is 616 g/mol. The van der Waals surface area contributed by atoms with E-state index in [4.69, 9.17) is 14.6 Å². The molecule has 8 nitrogen and oxygen atoms in total. The lowest BCUT2D eigenvalue weighted by Gasteiger charge is -2.15. The minimum Gasteiger partial charge on any atom is -0.490 e. The smallest absolute Gasteiger partial charge is 0.335 e. The van der Waals surface area contributed by atoms with E-state index in [0.29, 0.717) is 27.2 Å². The van der Waals surface area contributed by atoms with Crippen molar-refractivity contribution in [3.63, 3.8) is 0 Å². The number of carboxylic acids is 1. The molecular weight excluding hydrogens is 594 g/mol. The van der Waals surface area contributed by atoms with Gasteiger partial charge in [-0.25, -0.2) is 14.0 Å². The van der Waals surface area contributed by atoms with Crippen LogP contribution in [0.4, 0.5) is 9.18 Å². The predicted molar refractivity (Wildman–Crippen MR) is 142 cm³/mol. The zero-order valence-electron chi connectivity index (χ0n) is 19.7. The Hall–Kier alpha value is -3.93. The number of rotatable bonds is 9. The van der Waals surface area contributed by atoms with Gasteiger partial charge in [0.2, 0.25) is 0 Å². The Labute approximate surface area is 225 Å². The number of hydrogen-bond donors (Lipinski definition) is 2. The molecule has 0 aliphatic carbocycles. The van der Waals surface area contributed by atoms with Gasteiger partial charge in [0.15, 0.2) is 11.5 Å². The van der Waals surface area contributed by atoms with Crippen molar-refractivity contribution in [2.75, 3.05) is 6.61 Å². The summed E-state index contributed by atoms with van der Waals surface area (Å²) in [7, 11) is 0. The van der Waals surface area contributed by atoms with Gasteiger partial charge in [0.05, 0.1) is 22.3 Å². The summed E-state index contributed by atoms with van der Waals surface area (Å²) < 4.78 is 26.5. The summed E-state index contributed by atoms with van der Waals surface area (Å²) >= 11 is 2.09. The number of nitrogens with one attached hydrogen (secondary N) is 1. The molecule has 0 radical (unpaired) electrons. The Morgan fingerprint density at radius 2 is 1.84 bits per heavy atom. The maximum absolute atomic E-state index is 14.0. The van der Waals surface area contributed by atoms with E-state index in [0.717, 1.165) is 10.5 Å². The quantitative estimate of drug-likeness (QED) is 0.195. The molecular formula is C27H22FIN2O6. The highest BCUT2D eigenvalue weighted by Gasteiger charge is 2.34. The van der Waals surface area contributed by atoms with E-state index in [2.05, 4.69) is 27.9 Å². The highest BCUT2D eigenvalue weighted by atomic mass is 127. The number of amides is 3. The van der Waals surface area contributed by atoms with Crippen molar-refractivity contribution in [1.82, 2.24) is 10.2 Å². The second kappa shape index (κ2) is 11.4. The van der Waals surface area contributed by atoms with E-state index in [1.807, 2.05) is 6.92 Å². The largest absolute Gasteiger partial charge is 0.490 e. The minimum absolute atomic E-state index is 0.0618. The zero-order valence-corrected chi connectivity index (χ0v) is 21.8. The Kier molecular flexibility index (Phi) is 8.07. The lowest BCUT2D eigenvalue weighted by molar-refractivity contribution is -0.123.